The smallest absolute Gasteiger partial charge is 0.219 e. The lowest BCUT2D eigenvalue weighted by molar-refractivity contribution is 0.254. The van der Waals surface area contributed by atoms with Crippen LogP contribution in [0.5, 0.6) is 0 Å². The van der Waals surface area contributed by atoms with E-state index in [0.29, 0.717) is 18.9 Å². The van der Waals surface area contributed by atoms with Gasteiger partial charge >= 0.3 is 0 Å². The minimum Gasteiger partial charge on any atom is -0.396 e. The highest BCUT2D eigenvalue weighted by atomic mass is 32.2. The molecule has 1 fully saturated rings. The minimum atomic E-state index is -3.37. The SMILES string of the molecule is CC(C)(C)S(=O)(=O)N1C[C@H]2CC/C=C\C/C=C\2[C@@H]1CCO. The molecular formula is C16H27NO3S. The number of aliphatic hydroxyl groups excluding tert-OH is 1. The lowest BCUT2D eigenvalue weighted by atomic mass is 9.90. The molecule has 2 atom stereocenters. The Hall–Kier alpha value is -0.650. The van der Waals surface area contributed by atoms with Gasteiger partial charge in [-0.15, -0.1) is 0 Å². The van der Waals surface area contributed by atoms with Crippen LogP contribution in [0, 0.1) is 5.92 Å². The molecule has 0 saturated carbocycles. The summed E-state index contributed by atoms with van der Waals surface area (Å²) in [6, 6.07) is -0.171. The van der Waals surface area contributed by atoms with Gasteiger partial charge in [0.15, 0.2) is 0 Å². The zero-order chi connectivity index (χ0) is 15.7. The first-order valence-corrected chi connectivity index (χ1v) is 9.20. The molecule has 2 aliphatic rings. The summed E-state index contributed by atoms with van der Waals surface area (Å²) < 4.78 is 26.6. The van der Waals surface area contributed by atoms with Crippen molar-refractivity contribution in [3.8, 4) is 0 Å². The molecule has 0 spiro atoms. The predicted octanol–water partition coefficient (Wildman–Crippen LogP) is 2.46. The van der Waals surface area contributed by atoms with Crippen LogP contribution in [0.2, 0.25) is 0 Å². The monoisotopic (exact) mass is 313 g/mol. The number of nitrogens with zero attached hydrogens (tertiary/aromatic N) is 1. The Kier molecular flexibility index (Phi) is 4.96. The predicted molar refractivity (Wildman–Crippen MR) is 85.4 cm³/mol. The number of aliphatic hydroxyl groups is 1. The van der Waals surface area contributed by atoms with Gasteiger partial charge in [-0.3, -0.25) is 0 Å². The second-order valence-electron chi connectivity index (χ2n) is 6.90. The Morgan fingerprint density at radius 2 is 2.05 bits per heavy atom. The van der Waals surface area contributed by atoms with Crippen molar-refractivity contribution in [2.75, 3.05) is 13.2 Å². The van der Waals surface area contributed by atoms with Crippen molar-refractivity contribution >= 4 is 10.0 Å². The van der Waals surface area contributed by atoms with E-state index in [0.717, 1.165) is 19.3 Å². The molecule has 0 aromatic heterocycles. The molecular weight excluding hydrogens is 286 g/mol. The standard InChI is InChI=1S/C16H27NO3S/c1-16(2,3)21(19,20)17-12-13-8-6-4-5-7-9-14(13)15(17)10-11-18/h4-5,9,13,15,18H,6-8,10-12H2,1-3H3/b5-4-,14-9+/t13-,15+/m1/s1. The van der Waals surface area contributed by atoms with E-state index in [1.807, 2.05) is 0 Å². The fourth-order valence-electron chi connectivity index (χ4n) is 3.21. The fourth-order valence-corrected chi connectivity index (χ4v) is 4.86. The van der Waals surface area contributed by atoms with Crippen molar-refractivity contribution in [3.05, 3.63) is 23.8 Å². The van der Waals surface area contributed by atoms with Gasteiger partial charge in [0.05, 0.1) is 4.75 Å². The maximum Gasteiger partial charge on any atom is 0.219 e. The van der Waals surface area contributed by atoms with Crippen molar-refractivity contribution in [2.45, 2.75) is 57.2 Å². The first-order chi connectivity index (χ1) is 9.79. The number of hydrogen-bond donors (Lipinski definition) is 1. The molecule has 21 heavy (non-hydrogen) atoms. The van der Waals surface area contributed by atoms with Crippen LogP contribution in [0.15, 0.2) is 23.8 Å². The molecule has 0 aromatic carbocycles. The largest absolute Gasteiger partial charge is 0.396 e. The van der Waals surface area contributed by atoms with E-state index in [2.05, 4.69) is 18.2 Å². The van der Waals surface area contributed by atoms with Crippen LogP contribution in [0.1, 0.15) is 46.5 Å². The first-order valence-electron chi connectivity index (χ1n) is 7.76. The van der Waals surface area contributed by atoms with E-state index in [-0.39, 0.29) is 12.6 Å². The highest BCUT2D eigenvalue weighted by Crippen LogP contribution is 2.39. The first kappa shape index (κ1) is 16.7. The Bertz CT molecular complexity index is 528. The van der Waals surface area contributed by atoms with Crippen LogP contribution in [-0.2, 0) is 10.0 Å². The van der Waals surface area contributed by atoms with Crippen LogP contribution in [0.3, 0.4) is 0 Å². The minimum absolute atomic E-state index is 0.0146. The number of allylic oxidation sites excluding steroid dienone is 3. The van der Waals surface area contributed by atoms with Gasteiger partial charge < -0.3 is 5.11 Å². The number of fused-ring (bicyclic) bond motifs is 1. The second-order valence-corrected chi connectivity index (χ2v) is 9.54. The van der Waals surface area contributed by atoms with Crippen LogP contribution in [0.4, 0.5) is 0 Å². The number of rotatable bonds is 3. The molecule has 1 N–H and O–H groups in total. The van der Waals surface area contributed by atoms with Gasteiger partial charge in [0.1, 0.15) is 0 Å². The topological polar surface area (TPSA) is 57.6 Å². The average molecular weight is 313 g/mol. The maximum absolute atomic E-state index is 12.9. The summed E-state index contributed by atoms with van der Waals surface area (Å²) in [5.74, 6) is 0.295. The summed E-state index contributed by atoms with van der Waals surface area (Å²) in [6.07, 6.45) is 9.81. The molecule has 1 aliphatic carbocycles. The summed E-state index contributed by atoms with van der Waals surface area (Å²) in [6.45, 7) is 5.81. The zero-order valence-corrected chi connectivity index (χ0v) is 14.1. The zero-order valence-electron chi connectivity index (χ0n) is 13.2. The van der Waals surface area contributed by atoms with Gasteiger partial charge in [-0.1, -0.05) is 23.8 Å². The van der Waals surface area contributed by atoms with E-state index >= 15 is 0 Å². The summed E-state index contributed by atoms with van der Waals surface area (Å²) >= 11 is 0. The van der Waals surface area contributed by atoms with Gasteiger partial charge in [0.2, 0.25) is 10.0 Å². The van der Waals surface area contributed by atoms with Crippen molar-refractivity contribution in [1.29, 1.82) is 0 Å². The third-order valence-corrected chi connectivity index (χ3v) is 7.00. The average Bonchev–Trinajstić information content (AvgIpc) is 2.66. The van der Waals surface area contributed by atoms with Crippen LogP contribution < -0.4 is 0 Å². The molecule has 2 rings (SSSR count). The number of sulfonamides is 1. The Morgan fingerprint density at radius 1 is 1.33 bits per heavy atom. The van der Waals surface area contributed by atoms with Crippen LogP contribution in [0.25, 0.3) is 0 Å². The highest BCUT2D eigenvalue weighted by molar-refractivity contribution is 7.90. The molecule has 0 radical (unpaired) electrons. The second kappa shape index (κ2) is 6.23. The molecule has 0 amide bonds. The molecule has 0 bridgehead atoms. The molecule has 1 saturated heterocycles. The molecule has 1 heterocycles. The molecule has 120 valence electrons. The normalized spacial score (nSPS) is 31.9. The third-order valence-electron chi connectivity index (χ3n) is 4.43. The van der Waals surface area contributed by atoms with Crippen LogP contribution >= 0.6 is 0 Å². The third kappa shape index (κ3) is 3.25. The molecule has 1 aliphatic heterocycles. The van der Waals surface area contributed by atoms with Gasteiger partial charge in [0.25, 0.3) is 0 Å². The van der Waals surface area contributed by atoms with Gasteiger partial charge in [-0.05, 0) is 52.4 Å². The van der Waals surface area contributed by atoms with E-state index in [9.17, 15) is 13.5 Å². The van der Waals surface area contributed by atoms with Gasteiger partial charge in [-0.25, -0.2) is 8.42 Å². The summed E-state index contributed by atoms with van der Waals surface area (Å²) in [5.41, 5.74) is 1.21. The van der Waals surface area contributed by atoms with Gasteiger partial charge in [0, 0.05) is 19.2 Å². The van der Waals surface area contributed by atoms with Crippen molar-refractivity contribution in [1.82, 2.24) is 4.31 Å². The van der Waals surface area contributed by atoms with Crippen molar-refractivity contribution in [2.24, 2.45) is 5.92 Å². The lowest BCUT2D eigenvalue weighted by Gasteiger charge is -2.31. The van der Waals surface area contributed by atoms with Crippen molar-refractivity contribution in [3.63, 3.8) is 0 Å². The summed E-state index contributed by atoms with van der Waals surface area (Å²) in [7, 11) is -3.37. The molecule has 5 heteroatoms. The Balaban J connectivity index is 2.37. The molecule has 4 nitrogen and oxygen atoms in total. The fraction of sp³-hybridized carbons (Fsp3) is 0.750. The summed E-state index contributed by atoms with van der Waals surface area (Å²) in [5, 5.41) is 9.37. The van der Waals surface area contributed by atoms with E-state index in [4.69, 9.17) is 0 Å². The molecule has 0 unspecified atom stereocenters. The summed E-state index contributed by atoms with van der Waals surface area (Å²) in [4.78, 5) is 0. The highest BCUT2D eigenvalue weighted by Gasteiger charge is 2.46. The van der Waals surface area contributed by atoms with E-state index in [1.165, 1.54) is 5.57 Å². The number of hydrogen-bond acceptors (Lipinski definition) is 3. The maximum atomic E-state index is 12.9. The van der Waals surface area contributed by atoms with Crippen molar-refractivity contribution < 1.29 is 13.5 Å². The lowest BCUT2D eigenvalue weighted by Crippen LogP contribution is -2.46. The van der Waals surface area contributed by atoms with E-state index in [1.54, 1.807) is 25.1 Å². The van der Waals surface area contributed by atoms with E-state index < -0.39 is 14.8 Å². The quantitative estimate of drug-likeness (QED) is 0.814. The van der Waals surface area contributed by atoms with Crippen LogP contribution in [-0.4, -0.2) is 41.8 Å². The Labute approximate surface area is 128 Å². The van der Waals surface area contributed by atoms with Gasteiger partial charge in [-0.2, -0.15) is 4.31 Å². The Morgan fingerprint density at radius 3 is 2.67 bits per heavy atom. The molecule has 0 aromatic rings.